The molecule has 2 aliphatic rings. The minimum Gasteiger partial charge on any atom is -0.488 e. The molecule has 1 aliphatic heterocycles. The average Bonchev–Trinajstić information content (AvgIpc) is 2.59. The number of nitrogens with one attached hydrogen (secondary N) is 1. The maximum absolute atomic E-state index is 5.53. The number of fused-ring (bicyclic) bond motifs is 2. The molecule has 2 aromatic heterocycles. The molecule has 0 bridgehead atoms. The zero-order chi connectivity index (χ0) is 16.6. The topological polar surface area (TPSA) is 47.0 Å². The van der Waals surface area contributed by atoms with Gasteiger partial charge in [0.15, 0.2) is 11.6 Å². The second-order valence-electron chi connectivity index (χ2n) is 6.83. The molecule has 0 atom stereocenters. The number of hydrogen-bond acceptors (Lipinski definition) is 4. The lowest BCUT2D eigenvalue weighted by Crippen LogP contribution is -2.19. The Hall–Kier alpha value is -2.80. The molecule has 0 aromatic carbocycles. The second kappa shape index (κ2) is 5.68. The molecule has 0 saturated carbocycles. The van der Waals surface area contributed by atoms with Crippen LogP contribution in [-0.4, -0.2) is 23.1 Å². The van der Waals surface area contributed by atoms with Crippen LogP contribution in [0.25, 0.3) is 6.08 Å². The Kier molecular flexibility index (Phi) is 3.50. The maximum Gasteiger partial charge on any atom is 0.170 e. The predicted molar refractivity (Wildman–Crippen MR) is 95.0 cm³/mol. The summed E-state index contributed by atoms with van der Waals surface area (Å²) in [5, 5.41) is 3.22. The van der Waals surface area contributed by atoms with Gasteiger partial charge in [-0.15, -0.1) is 0 Å². The Balaban J connectivity index is 1.60. The van der Waals surface area contributed by atoms with Crippen molar-refractivity contribution in [3.8, 4) is 17.6 Å². The van der Waals surface area contributed by atoms with Crippen LogP contribution in [0.5, 0.6) is 5.75 Å². The van der Waals surface area contributed by atoms with Gasteiger partial charge in [-0.05, 0) is 41.5 Å². The van der Waals surface area contributed by atoms with Crippen LogP contribution in [0.4, 0.5) is 5.82 Å². The Morgan fingerprint density at radius 2 is 2.17 bits per heavy atom. The van der Waals surface area contributed by atoms with Crippen molar-refractivity contribution in [1.82, 2.24) is 9.97 Å². The number of allylic oxidation sites excluding steroid dienone is 1. The normalized spacial score (nSPS) is 16.8. The SMILES string of the molecule is CC1(C)C=Cc2cc(C#Cc3ccc4c(n3)NCCO4)cnc2C1. The van der Waals surface area contributed by atoms with Crippen LogP contribution < -0.4 is 10.1 Å². The lowest BCUT2D eigenvalue weighted by molar-refractivity contribution is 0.321. The smallest absolute Gasteiger partial charge is 0.170 e. The van der Waals surface area contributed by atoms with Gasteiger partial charge in [-0.1, -0.05) is 31.9 Å². The van der Waals surface area contributed by atoms with Crippen molar-refractivity contribution in [2.75, 3.05) is 18.5 Å². The lowest BCUT2D eigenvalue weighted by Gasteiger charge is -2.24. The van der Waals surface area contributed by atoms with Crippen molar-refractivity contribution in [1.29, 1.82) is 0 Å². The van der Waals surface area contributed by atoms with E-state index in [1.807, 2.05) is 18.3 Å². The van der Waals surface area contributed by atoms with Crippen LogP contribution >= 0.6 is 0 Å². The van der Waals surface area contributed by atoms with E-state index in [0.29, 0.717) is 6.61 Å². The zero-order valence-corrected chi connectivity index (χ0v) is 13.9. The summed E-state index contributed by atoms with van der Waals surface area (Å²) in [5.41, 5.74) is 4.11. The first kappa shape index (κ1) is 14.8. The summed E-state index contributed by atoms with van der Waals surface area (Å²) in [4.78, 5) is 9.08. The van der Waals surface area contributed by atoms with Gasteiger partial charge < -0.3 is 10.1 Å². The highest BCUT2D eigenvalue weighted by Crippen LogP contribution is 2.30. The molecule has 0 fully saturated rings. The highest BCUT2D eigenvalue weighted by atomic mass is 16.5. The number of aromatic nitrogens is 2. The fourth-order valence-electron chi connectivity index (χ4n) is 2.90. The molecule has 0 amide bonds. The highest BCUT2D eigenvalue weighted by Gasteiger charge is 2.21. The third-order valence-electron chi connectivity index (χ3n) is 4.19. The number of hydrogen-bond donors (Lipinski definition) is 1. The van der Waals surface area contributed by atoms with Crippen LogP contribution in [0.3, 0.4) is 0 Å². The summed E-state index contributed by atoms with van der Waals surface area (Å²) < 4.78 is 5.53. The third-order valence-corrected chi connectivity index (χ3v) is 4.19. The minimum atomic E-state index is 0.176. The van der Waals surface area contributed by atoms with Gasteiger partial charge in [-0.2, -0.15) is 0 Å². The molecule has 4 heteroatoms. The Bertz CT molecular complexity index is 887. The van der Waals surface area contributed by atoms with Crippen LogP contribution in [-0.2, 0) is 6.42 Å². The molecule has 0 unspecified atom stereocenters. The van der Waals surface area contributed by atoms with Gasteiger partial charge in [0.25, 0.3) is 0 Å². The Morgan fingerprint density at radius 3 is 3.08 bits per heavy atom. The van der Waals surface area contributed by atoms with E-state index in [4.69, 9.17) is 4.74 Å². The average molecular weight is 317 g/mol. The molecule has 0 radical (unpaired) electrons. The molecule has 4 rings (SSSR count). The van der Waals surface area contributed by atoms with Crippen LogP contribution in [0.15, 0.2) is 30.5 Å². The van der Waals surface area contributed by atoms with Crippen LogP contribution in [0, 0.1) is 17.3 Å². The van der Waals surface area contributed by atoms with Crippen LogP contribution in [0.2, 0.25) is 0 Å². The maximum atomic E-state index is 5.53. The summed E-state index contributed by atoms with van der Waals surface area (Å²) in [6, 6.07) is 5.89. The summed E-state index contributed by atoms with van der Waals surface area (Å²) >= 11 is 0. The van der Waals surface area contributed by atoms with E-state index in [1.165, 1.54) is 0 Å². The van der Waals surface area contributed by atoms with Crippen LogP contribution in [0.1, 0.15) is 36.4 Å². The first-order valence-electron chi connectivity index (χ1n) is 8.17. The molecule has 24 heavy (non-hydrogen) atoms. The van der Waals surface area contributed by atoms with Gasteiger partial charge >= 0.3 is 0 Å². The van der Waals surface area contributed by atoms with Crippen molar-refractivity contribution in [3.05, 3.63) is 53.0 Å². The number of pyridine rings is 2. The molecule has 0 saturated heterocycles. The van der Waals surface area contributed by atoms with Crippen molar-refractivity contribution in [2.45, 2.75) is 20.3 Å². The summed E-state index contributed by atoms with van der Waals surface area (Å²) in [7, 11) is 0. The zero-order valence-electron chi connectivity index (χ0n) is 13.9. The quantitative estimate of drug-likeness (QED) is 0.758. The first-order valence-corrected chi connectivity index (χ1v) is 8.17. The van der Waals surface area contributed by atoms with E-state index in [1.54, 1.807) is 0 Å². The minimum absolute atomic E-state index is 0.176. The van der Waals surface area contributed by atoms with Crippen molar-refractivity contribution in [2.24, 2.45) is 5.41 Å². The Labute approximate surface area is 142 Å². The second-order valence-corrected chi connectivity index (χ2v) is 6.83. The molecule has 120 valence electrons. The standard InChI is InChI=1S/C20H19N3O/c1-20(2)8-7-15-11-14(13-22-17(15)12-20)3-4-16-5-6-18-19(23-16)21-9-10-24-18/h5-8,11,13H,9-10,12H2,1-2H3,(H,21,23). The molecule has 0 spiro atoms. The van der Waals surface area contributed by atoms with E-state index in [-0.39, 0.29) is 5.41 Å². The molecule has 3 heterocycles. The molecular formula is C20H19N3O. The van der Waals surface area contributed by atoms with Crippen molar-refractivity contribution >= 4 is 11.9 Å². The molecular weight excluding hydrogens is 298 g/mol. The summed E-state index contributed by atoms with van der Waals surface area (Å²) in [6.45, 7) is 5.89. The summed E-state index contributed by atoms with van der Waals surface area (Å²) in [5.74, 6) is 7.83. The van der Waals surface area contributed by atoms with Crippen molar-refractivity contribution < 1.29 is 4.74 Å². The van der Waals surface area contributed by atoms with Crippen molar-refractivity contribution in [3.63, 3.8) is 0 Å². The molecule has 1 aliphatic carbocycles. The van der Waals surface area contributed by atoms with E-state index in [2.05, 4.69) is 59.2 Å². The summed E-state index contributed by atoms with van der Waals surface area (Å²) in [6.07, 6.45) is 7.20. The molecule has 2 aromatic rings. The number of rotatable bonds is 0. The number of anilines is 1. The van der Waals surface area contributed by atoms with Gasteiger partial charge in [0.1, 0.15) is 12.3 Å². The van der Waals surface area contributed by atoms with Gasteiger partial charge in [-0.3, -0.25) is 4.98 Å². The van der Waals surface area contributed by atoms with E-state index in [9.17, 15) is 0 Å². The van der Waals surface area contributed by atoms with E-state index < -0.39 is 0 Å². The fraction of sp³-hybridized carbons (Fsp3) is 0.300. The van der Waals surface area contributed by atoms with Gasteiger partial charge in [0.05, 0.1) is 6.54 Å². The Morgan fingerprint density at radius 1 is 1.25 bits per heavy atom. The van der Waals surface area contributed by atoms with E-state index in [0.717, 1.165) is 47.0 Å². The monoisotopic (exact) mass is 317 g/mol. The third kappa shape index (κ3) is 2.98. The highest BCUT2D eigenvalue weighted by molar-refractivity contribution is 5.59. The lowest BCUT2D eigenvalue weighted by atomic mass is 9.81. The van der Waals surface area contributed by atoms with Gasteiger partial charge in [-0.25, -0.2) is 4.98 Å². The number of ether oxygens (including phenoxy) is 1. The number of nitrogens with zero attached hydrogens (tertiary/aromatic N) is 2. The van der Waals surface area contributed by atoms with Gasteiger partial charge in [0, 0.05) is 17.5 Å². The predicted octanol–water partition coefficient (Wildman–Crippen LogP) is 3.28. The molecule has 4 nitrogen and oxygen atoms in total. The first-order chi connectivity index (χ1) is 11.6. The largest absolute Gasteiger partial charge is 0.488 e. The fourth-order valence-corrected chi connectivity index (χ4v) is 2.90. The molecule has 1 N–H and O–H groups in total. The van der Waals surface area contributed by atoms with E-state index >= 15 is 0 Å². The van der Waals surface area contributed by atoms with Gasteiger partial charge in [0.2, 0.25) is 0 Å².